The topological polar surface area (TPSA) is 43.6 Å². The number of ether oxygens (including phenoxy) is 1. The van der Waals surface area contributed by atoms with Gasteiger partial charge in [-0.1, -0.05) is 13.8 Å². The molecule has 0 aromatic carbocycles. The molecule has 2 aromatic heterocycles. The molecule has 0 fully saturated rings. The first-order valence-electron chi connectivity index (χ1n) is 5.25. The van der Waals surface area contributed by atoms with Crippen LogP contribution in [-0.4, -0.2) is 22.5 Å². The minimum Gasteiger partial charge on any atom is -0.465 e. The molecule has 4 nitrogen and oxygen atoms in total. The average molecular weight is 220 g/mol. The molecule has 0 saturated carbocycles. The van der Waals surface area contributed by atoms with Crippen LogP contribution in [0.2, 0.25) is 0 Å². The van der Waals surface area contributed by atoms with Gasteiger partial charge >= 0.3 is 5.97 Å². The predicted molar refractivity (Wildman–Crippen MR) is 62.6 cm³/mol. The predicted octanol–water partition coefficient (Wildman–Crippen LogP) is 2.46. The first kappa shape index (κ1) is 12.2. The van der Waals surface area contributed by atoms with Crippen LogP contribution in [0.1, 0.15) is 29.9 Å². The molecule has 0 radical (unpaired) electrons. The van der Waals surface area contributed by atoms with Crippen LogP contribution in [0.4, 0.5) is 0 Å². The second kappa shape index (κ2) is 5.30. The van der Waals surface area contributed by atoms with E-state index in [1.807, 2.05) is 31.4 Å². The van der Waals surface area contributed by atoms with Crippen LogP contribution < -0.4 is 0 Å². The van der Waals surface area contributed by atoms with Gasteiger partial charge in [-0.15, -0.1) is 0 Å². The summed E-state index contributed by atoms with van der Waals surface area (Å²) in [5.41, 5.74) is 2.12. The zero-order chi connectivity index (χ0) is 12.1. The van der Waals surface area contributed by atoms with E-state index in [0.29, 0.717) is 11.2 Å². The third-order valence-electron chi connectivity index (χ3n) is 2.13. The monoisotopic (exact) mass is 220 g/mol. The standard InChI is InChI=1S/C10H10N2O2.C2H6/c1-7-6-11-9-8(10(13)14-2)4-3-5-12(7)9;1-2/h3-6H,1-2H3;1-2H3. The molecule has 0 amide bonds. The number of aryl methyl sites for hydroxylation is 1. The van der Waals surface area contributed by atoms with Gasteiger partial charge in [0, 0.05) is 18.1 Å². The molecule has 0 saturated heterocycles. The first-order valence-corrected chi connectivity index (χ1v) is 5.25. The van der Waals surface area contributed by atoms with E-state index >= 15 is 0 Å². The summed E-state index contributed by atoms with van der Waals surface area (Å²) in [6, 6.07) is 3.50. The molecular formula is C12H16N2O2. The summed E-state index contributed by atoms with van der Waals surface area (Å²) in [4.78, 5) is 15.5. The Morgan fingerprint density at radius 3 is 2.75 bits per heavy atom. The van der Waals surface area contributed by atoms with Gasteiger partial charge < -0.3 is 9.14 Å². The molecule has 86 valence electrons. The molecule has 0 spiro atoms. The highest BCUT2D eigenvalue weighted by molar-refractivity contribution is 5.95. The minimum atomic E-state index is -0.360. The van der Waals surface area contributed by atoms with Gasteiger partial charge in [0.15, 0.2) is 5.65 Å². The third-order valence-corrected chi connectivity index (χ3v) is 2.13. The largest absolute Gasteiger partial charge is 0.465 e. The van der Waals surface area contributed by atoms with Crippen LogP contribution in [0, 0.1) is 6.92 Å². The van der Waals surface area contributed by atoms with Gasteiger partial charge in [0.25, 0.3) is 0 Å². The Morgan fingerprint density at radius 1 is 1.44 bits per heavy atom. The second-order valence-corrected chi connectivity index (χ2v) is 3.01. The van der Waals surface area contributed by atoms with Crippen LogP contribution in [0.5, 0.6) is 0 Å². The Morgan fingerprint density at radius 2 is 2.12 bits per heavy atom. The number of rotatable bonds is 1. The van der Waals surface area contributed by atoms with Crippen LogP contribution in [0.25, 0.3) is 5.65 Å². The van der Waals surface area contributed by atoms with Gasteiger partial charge in [-0.2, -0.15) is 0 Å². The van der Waals surface area contributed by atoms with Gasteiger partial charge in [0.05, 0.1) is 7.11 Å². The normalized spacial score (nSPS) is 9.50. The van der Waals surface area contributed by atoms with Crippen molar-refractivity contribution >= 4 is 11.6 Å². The molecule has 0 aliphatic heterocycles. The van der Waals surface area contributed by atoms with Crippen molar-refractivity contribution in [1.29, 1.82) is 0 Å². The van der Waals surface area contributed by atoms with Crippen molar-refractivity contribution in [2.45, 2.75) is 20.8 Å². The van der Waals surface area contributed by atoms with E-state index in [0.717, 1.165) is 5.69 Å². The number of carbonyl (C=O) groups excluding carboxylic acids is 1. The SMILES string of the molecule is CC.COC(=O)c1cccn2c(C)cnc12. The van der Waals surface area contributed by atoms with E-state index in [-0.39, 0.29) is 5.97 Å². The van der Waals surface area contributed by atoms with E-state index in [1.54, 1.807) is 18.3 Å². The fraction of sp³-hybridized carbons (Fsp3) is 0.333. The third kappa shape index (κ3) is 2.05. The van der Waals surface area contributed by atoms with Crippen LogP contribution in [0.15, 0.2) is 24.5 Å². The number of aromatic nitrogens is 2. The molecule has 2 heterocycles. The van der Waals surface area contributed by atoms with Crippen LogP contribution in [-0.2, 0) is 4.74 Å². The Bertz CT molecular complexity index is 489. The van der Waals surface area contributed by atoms with Crippen molar-refractivity contribution in [3.63, 3.8) is 0 Å². The number of hydrogen-bond acceptors (Lipinski definition) is 3. The Hall–Kier alpha value is -1.84. The number of methoxy groups -OCH3 is 1. The van der Waals surface area contributed by atoms with Gasteiger partial charge in [-0.25, -0.2) is 9.78 Å². The summed E-state index contributed by atoms with van der Waals surface area (Å²) < 4.78 is 6.51. The summed E-state index contributed by atoms with van der Waals surface area (Å²) in [5.74, 6) is -0.360. The van der Waals surface area contributed by atoms with Crippen molar-refractivity contribution in [1.82, 2.24) is 9.38 Å². The van der Waals surface area contributed by atoms with E-state index in [9.17, 15) is 4.79 Å². The molecular weight excluding hydrogens is 204 g/mol. The van der Waals surface area contributed by atoms with Crippen LogP contribution in [0.3, 0.4) is 0 Å². The number of esters is 1. The van der Waals surface area contributed by atoms with Crippen molar-refractivity contribution in [3.8, 4) is 0 Å². The van der Waals surface area contributed by atoms with Crippen molar-refractivity contribution in [2.24, 2.45) is 0 Å². The van der Waals surface area contributed by atoms with Gasteiger partial charge in [-0.05, 0) is 19.1 Å². The molecule has 0 aliphatic rings. The van der Waals surface area contributed by atoms with E-state index in [1.165, 1.54) is 7.11 Å². The number of carbonyl (C=O) groups is 1. The molecule has 0 aliphatic carbocycles. The fourth-order valence-corrected chi connectivity index (χ4v) is 1.40. The average Bonchev–Trinajstić information content (AvgIpc) is 2.73. The first-order chi connectivity index (χ1) is 7.74. The van der Waals surface area contributed by atoms with Gasteiger partial charge in [0.2, 0.25) is 0 Å². The van der Waals surface area contributed by atoms with E-state index in [4.69, 9.17) is 0 Å². The Kier molecular flexibility index (Phi) is 4.05. The summed E-state index contributed by atoms with van der Waals surface area (Å²) in [7, 11) is 1.36. The summed E-state index contributed by atoms with van der Waals surface area (Å²) >= 11 is 0. The van der Waals surface area contributed by atoms with Crippen molar-refractivity contribution in [3.05, 3.63) is 35.8 Å². The maximum absolute atomic E-state index is 11.4. The highest BCUT2D eigenvalue weighted by Crippen LogP contribution is 2.12. The molecule has 0 bridgehead atoms. The van der Waals surface area contributed by atoms with E-state index < -0.39 is 0 Å². The zero-order valence-electron chi connectivity index (χ0n) is 10.0. The lowest BCUT2D eigenvalue weighted by atomic mass is 10.3. The Balaban J connectivity index is 0.000000606. The number of fused-ring (bicyclic) bond motifs is 1. The van der Waals surface area contributed by atoms with Crippen molar-refractivity contribution in [2.75, 3.05) is 7.11 Å². The number of hydrogen-bond donors (Lipinski definition) is 0. The molecule has 0 N–H and O–H groups in total. The highest BCUT2D eigenvalue weighted by Gasteiger charge is 2.11. The fourth-order valence-electron chi connectivity index (χ4n) is 1.40. The molecule has 2 rings (SSSR count). The number of nitrogens with zero attached hydrogens (tertiary/aromatic N) is 2. The smallest absolute Gasteiger partial charge is 0.341 e. The maximum Gasteiger partial charge on any atom is 0.341 e. The number of imidazole rings is 1. The van der Waals surface area contributed by atoms with E-state index in [2.05, 4.69) is 9.72 Å². The van der Waals surface area contributed by atoms with Crippen LogP contribution >= 0.6 is 0 Å². The molecule has 0 unspecified atom stereocenters. The zero-order valence-corrected chi connectivity index (χ0v) is 10.0. The lowest BCUT2D eigenvalue weighted by molar-refractivity contribution is 0.0602. The molecule has 16 heavy (non-hydrogen) atoms. The second-order valence-electron chi connectivity index (χ2n) is 3.01. The highest BCUT2D eigenvalue weighted by atomic mass is 16.5. The van der Waals surface area contributed by atoms with Crippen molar-refractivity contribution < 1.29 is 9.53 Å². The summed E-state index contributed by atoms with van der Waals surface area (Å²) in [6.45, 7) is 5.93. The molecule has 0 atom stereocenters. The molecule has 4 heteroatoms. The van der Waals surface area contributed by atoms with Gasteiger partial charge in [0.1, 0.15) is 5.56 Å². The van der Waals surface area contributed by atoms with Gasteiger partial charge in [-0.3, -0.25) is 0 Å². The minimum absolute atomic E-state index is 0.360. The lowest BCUT2D eigenvalue weighted by Gasteiger charge is -2.01. The summed E-state index contributed by atoms with van der Waals surface area (Å²) in [6.07, 6.45) is 3.59. The quantitative estimate of drug-likeness (QED) is 0.693. The Labute approximate surface area is 94.9 Å². The number of pyridine rings is 1. The lowest BCUT2D eigenvalue weighted by Crippen LogP contribution is -2.04. The maximum atomic E-state index is 11.4. The molecule has 2 aromatic rings. The summed E-state index contributed by atoms with van der Waals surface area (Å²) in [5, 5.41) is 0.